The number of halogens is 1. The molecule has 0 heterocycles. The molecule has 104 valence electrons. The van der Waals surface area contributed by atoms with E-state index in [-0.39, 0.29) is 11.3 Å². The van der Waals surface area contributed by atoms with E-state index in [1.165, 1.54) is 24.3 Å². The standard InChI is InChI=1S/C13H16ClNO4/c1-2-3-4-11(14)19-15-13(18)12(17)9-5-7-10(16)8-6-9/h5-8,11,16H,2-4H2,1H3,(H,15,18). The van der Waals surface area contributed by atoms with Crippen molar-refractivity contribution in [1.29, 1.82) is 0 Å². The number of rotatable bonds is 7. The lowest BCUT2D eigenvalue weighted by molar-refractivity contribution is -0.130. The molecule has 5 nitrogen and oxygen atoms in total. The van der Waals surface area contributed by atoms with Gasteiger partial charge in [0, 0.05) is 5.56 Å². The van der Waals surface area contributed by atoms with E-state index in [0.29, 0.717) is 6.42 Å². The number of phenols is 1. The fourth-order valence-electron chi connectivity index (χ4n) is 1.33. The van der Waals surface area contributed by atoms with Crippen molar-refractivity contribution in [2.24, 2.45) is 0 Å². The predicted molar refractivity (Wildman–Crippen MR) is 70.8 cm³/mol. The summed E-state index contributed by atoms with van der Waals surface area (Å²) < 4.78 is 0. The van der Waals surface area contributed by atoms with Crippen LogP contribution < -0.4 is 5.48 Å². The molecule has 0 aliphatic carbocycles. The highest BCUT2D eigenvalue weighted by atomic mass is 35.5. The number of hydrogen-bond acceptors (Lipinski definition) is 4. The first-order valence-electron chi connectivity index (χ1n) is 5.98. The van der Waals surface area contributed by atoms with Gasteiger partial charge < -0.3 is 5.11 Å². The Morgan fingerprint density at radius 2 is 2.00 bits per heavy atom. The van der Waals surface area contributed by atoms with Gasteiger partial charge in [0.2, 0.25) is 0 Å². The number of amides is 1. The molecule has 0 saturated heterocycles. The number of alkyl halides is 1. The molecule has 1 aromatic rings. The molecular weight excluding hydrogens is 270 g/mol. The minimum Gasteiger partial charge on any atom is -0.508 e. The van der Waals surface area contributed by atoms with Crippen molar-refractivity contribution >= 4 is 23.3 Å². The van der Waals surface area contributed by atoms with Crippen LogP contribution in [0.3, 0.4) is 0 Å². The fourth-order valence-corrected chi connectivity index (χ4v) is 1.53. The van der Waals surface area contributed by atoms with Gasteiger partial charge in [-0.05, 0) is 37.1 Å². The molecule has 1 atom stereocenters. The Hall–Kier alpha value is -1.59. The molecule has 19 heavy (non-hydrogen) atoms. The average Bonchev–Trinajstić information content (AvgIpc) is 2.42. The lowest BCUT2D eigenvalue weighted by atomic mass is 10.1. The second-order valence-corrected chi connectivity index (χ2v) is 4.46. The van der Waals surface area contributed by atoms with Crippen molar-refractivity contribution in [3.8, 4) is 5.75 Å². The normalized spacial score (nSPS) is 11.9. The maximum Gasteiger partial charge on any atom is 0.315 e. The Morgan fingerprint density at radius 3 is 2.58 bits per heavy atom. The number of aromatic hydroxyl groups is 1. The summed E-state index contributed by atoms with van der Waals surface area (Å²) in [6, 6.07) is 5.36. The highest BCUT2D eigenvalue weighted by Crippen LogP contribution is 2.11. The third kappa shape index (κ3) is 5.28. The van der Waals surface area contributed by atoms with Crippen LogP contribution in [0.25, 0.3) is 0 Å². The molecule has 1 aromatic carbocycles. The topological polar surface area (TPSA) is 75.6 Å². The van der Waals surface area contributed by atoms with Crippen molar-refractivity contribution in [3.63, 3.8) is 0 Å². The maximum atomic E-state index is 11.7. The zero-order chi connectivity index (χ0) is 14.3. The second-order valence-electron chi connectivity index (χ2n) is 3.98. The van der Waals surface area contributed by atoms with Gasteiger partial charge in [0.05, 0.1) is 0 Å². The van der Waals surface area contributed by atoms with E-state index in [1.807, 2.05) is 12.4 Å². The molecule has 0 spiro atoms. The number of nitrogens with one attached hydrogen (secondary N) is 1. The van der Waals surface area contributed by atoms with Crippen LogP contribution in [-0.2, 0) is 9.63 Å². The Morgan fingerprint density at radius 1 is 1.37 bits per heavy atom. The molecule has 0 fully saturated rings. The summed E-state index contributed by atoms with van der Waals surface area (Å²) >= 11 is 5.79. The van der Waals surface area contributed by atoms with E-state index >= 15 is 0 Å². The van der Waals surface area contributed by atoms with Crippen LogP contribution in [0.5, 0.6) is 5.75 Å². The highest BCUT2D eigenvalue weighted by Gasteiger charge is 2.17. The van der Waals surface area contributed by atoms with Crippen LogP contribution in [0.2, 0.25) is 0 Å². The van der Waals surface area contributed by atoms with Crippen LogP contribution in [0, 0.1) is 0 Å². The van der Waals surface area contributed by atoms with Crippen LogP contribution in [0.4, 0.5) is 0 Å². The largest absolute Gasteiger partial charge is 0.508 e. The summed E-state index contributed by atoms with van der Waals surface area (Å²) in [6.07, 6.45) is 2.43. The van der Waals surface area contributed by atoms with E-state index in [4.69, 9.17) is 21.5 Å². The molecule has 1 unspecified atom stereocenters. The SMILES string of the molecule is CCCCC(Cl)ONC(=O)C(=O)c1ccc(O)cc1. The monoisotopic (exact) mass is 285 g/mol. The van der Waals surface area contributed by atoms with E-state index in [0.717, 1.165) is 12.8 Å². The molecule has 0 radical (unpaired) electrons. The first kappa shape index (κ1) is 15.5. The van der Waals surface area contributed by atoms with Crippen molar-refractivity contribution in [2.45, 2.75) is 31.7 Å². The highest BCUT2D eigenvalue weighted by molar-refractivity contribution is 6.42. The number of hydroxylamine groups is 1. The van der Waals surface area contributed by atoms with Crippen molar-refractivity contribution in [1.82, 2.24) is 5.48 Å². The van der Waals surface area contributed by atoms with Crippen molar-refractivity contribution < 1.29 is 19.5 Å². The van der Waals surface area contributed by atoms with Crippen molar-refractivity contribution in [2.75, 3.05) is 0 Å². The van der Waals surface area contributed by atoms with Gasteiger partial charge in [0.1, 0.15) is 5.75 Å². The molecule has 0 bridgehead atoms. The first-order chi connectivity index (χ1) is 9.04. The van der Waals surface area contributed by atoms with Crippen LogP contribution >= 0.6 is 11.6 Å². The lowest BCUT2D eigenvalue weighted by Crippen LogP contribution is -2.33. The predicted octanol–water partition coefficient (Wildman–Crippen LogP) is 2.38. The summed E-state index contributed by atoms with van der Waals surface area (Å²) in [4.78, 5) is 28.0. The number of hydrogen-bond donors (Lipinski definition) is 2. The van der Waals surface area contributed by atoms with Crippen molar-refractivity contribution in [3.05, 3.63) is 29.8 Å². The first-order valence-corrected chi connectivity index (χ1v) is 6.41. The van der Waals surface area contributed by atoms with Gasteiger partial charge in [-0.25, -0.2) is 5.48 Å². The van der Waals surface area contributed by atoms with Gasteiger partial charge in [-0.2, -0.15) is 0 Å². The molecular formula is C13H16ClNO4. The van der Waals surface area contributed by atoms with Gasteiger partial charge in [0.15, 0.2) is 5.56 Å². The molecule has 0 aromatic heterocycles. The number of Topliss-reactive ketones (excluding diaryl/α,β-unsaturated/α-hetero) is 1. The Kier molecular flexibility index (Phi) is 6.32. The van der Waals surface area contributed by atoms with Gasteiger partial charge >= 0.3 is 5.91 Å². The van der Waals surface area contributed by atoms with E-state index in [9.17, 15) is 9.59 Å². The summed E-state index contributed by atoms with van der Waals surface area (Å²) in [5, 5.41) is 9.08. The van der Waals surface area contributed by atoms with Gasteiger partial charge in [-0.3, -0.25) is 14.4 Å². The average molecular weight is 286 g/mol. The number of carbonyl (C=O) groups excluding carboxylic acids is 2. The quantitative estimate of drug-likeness (QED) is 0.349. The number of unbranched alkanes of at least 4 members (excludes halogenated alkanes) is 1. The Balaban J connectivity index is 2.45. The summed E-state index contributed by atoms with van der Waals surface area (Å²) in [5.74, 6) is -1.62. The van der Waals surface area contributed by atoms with Crippen LogP contribution in [0.1, 0.15) is 36.5 Å². The summed E-state index contributed by atoms with van der Waals surface area (Å²) in [7, 11) is 0. The number of ketones is 1. The van der Waals surface area contributed by atoms with E-state index in [2.05, 4.69) is 0 Å². The summed E-state index contributed by atoms with van der Waals surface area (Å²) in [6.45, 7) is 2.01. The summed E-state index contributed by atoms with van der Waals surface area (Å²) in [5.41, 5.74) is 1.53. The Labute approximate surface area is 116 Å². The third-order valence-electron chi connectivity index (χ3n) is 2.40. The number of phenolic OH excluding ortho intramolecular Hbond substituents is 1. The van der Waals surface area contributed by atoms with Gasteiger partial charge in [0.25, 0.3) is 5.78 Å². The van der Waals surface area contributed by atoms with Gasteiger partial charge in [-0.1, -0.05) is 24.9 Å². The zero-order valence-electron chi connectivity index (χ0n) is 10.6. The molecule has 6 heteroatoms. The number of carbonyl (C=O) groups is 2. The molecule has 0 aliphatic heterocycles. The maximum absolute atomic E-state index is 11.7. The second kappa shape index (κ2) is 7.76. The molecule has 0 saturated carbocycles. The number of benzene rings is 1. The van der Waals surface area contributed by atoms with Gasteiger partial charge in [-0.15, -0.1) is 0 Å². The smallest absolute Gasteiger partial charge is 0.315 e. The third-order valence-corrected chi connectivity index (χ3v) is 2.71. The molecule has 1 amide bonds. The zero-order valence-corrected chi connectivity index (χ0v) is 11.3. The molecule has 1 rings (SSSR count). The minimum atomic E-state index is -0.896. The molecule has 0 aliphatic rings. The fraction of sp³-hybridized carbons (Fsp3) is 0.385. The minimum absolute atomic E-state index is 0.0218. The van der Waals surface area contributed by atoms with Crippen LogP contribution in [0.15, 0.2) is 24.3 Å². The van der Waals surface area contributed by atoms with Crippen LogP contribution in [-0.4, -0.2) is 22.4 Å². The van der Waals surface area contributed by atoms with E-state index in [1.54, 1.807) is 0 Å². The Bertz CT molecular complexity index is 433. The molecule has 2 N–H and O–H groups in total. The van der Waals surface area contributed by atoms with E-state index < -0.39 is 17.3 Å². The lowest BCUT2D eigenvalue weighted by Gasteiger charge is -2.10.